The summed E-state index contributed by atoms with van der Waals surface area (Å²) >= 11 is 0. The maximum absolute atomic E-state index is 13.8. The minimum Gasteiger partial charge on any atom is -0.463 e. The monoisotopic (exact) mass is 425 g/mol. The minimum atomic E-state index is -0.956. The summed E-state index contributed by atoms with van der Waals surface area (Å²) in [4.78, 5) is 29.2. The van der Waals surface area contributed by atoms with Crippen molar-refractivity contribution in [2.24, 2.45) is 0 Å². The molecule has 0 spiro atoms. The lowest BCUT2D eigenvalue weighted by molar-refractivity contribution is -0.135. The van der Waals surface area contributed by atoms with Crippen LogP contribution in [0.4, 0.5) is 0 Å². The zero-order valence-corrected chi connectivity index (χ0v) is 19.0. The molecule has 2 amide bonds. The number of fused-ring (bicyclic) bond motifs is 1. The Hall–Kier alpha value is -2.50. The molecular formula is C25H35N3O3. The van der Waals surface area contributed by atoms with Crippen molar-refractivity contribution in [2.75, 3.05) is 0 Å². The molecule has 1 saturated carbocycles. The van der Waals surface area contributed by atoms with E-state index in [4.69, 9.17) is 4.42 Å². The second-order valence-corrected chi connectivity index (χ2v) is 9.39. The Morgan fingerprint density at radius 2 is 1.84 bits per heavy atom. The van der Waals surface area contributed by atoms with Gasteiger partial charge in [-0.1, -0.05) is 39.0 Å². The standard InChI is InChI=1S/C25H35N3O3/c1-4-18(2)28-23(29)21-15-14-20(22-13-10-16-31-22)27(21)17-25(28,3)24(30)26-19-11-8-6-5-7-9-12-19/h10,13-16,18-19H,4-9,11-12,17H2,1-3H3,(H,26,30)/t18-,25-/m0/s1. The maximum Gasteiger partial charge on any atom is 0.271 e. The number of rotatable bonds is 5. The van der Waals surface area contributed by atoms with Crippen LogP contribution in [0.2, 0.25) is 0 Å². The van der Waals surface area contributed by atoms with Crippen molar-refractivity contribution in [2.45, 2.75) is 96.3 Å². The SMILES string of the molecule is CC[C@H](C)N1C(=O)c2ccc(-c3ccco3)n2C[C@@]1(C)C(=O)NC1CCCCCCC1. The summed E-state index contributed by atoms with van der Waals surface area (Å²) in [5.74, 6) is 0.573. The third-order valence-electron chi connectivity index (χ3n) is 7.15. The Morgan fingerprint density at radius 3 is 2.48 bits per heavy atom. The average molecular weight is 426 g/mol. The van der Waals surface area contributed by atoms with Crippen molar-refractivity contribution in [3.05, 3.63) is 36.2 Å². The summed E-state index contributed by atoms with van der Waals surface area (Å²) in [6.07, 6.45) is 10.5. The smallest absolute Gasteiger partial charge is 0.271 e. The quantitative estimate of drug-likeness (QED) is 0.734. The number of nitrogens with one attached hydrogen (secondary N) is 1. The van der Waals surface area contributed by atoms with E-state index in [0.29, 0.717) is 18.0 Å². The molecule has 1 aliphatic carbocycles. The van der Waals surface area contributed by atoms with Crippen molar-refractivity contribution < 1.29 is 14.0 Å². The number of nitrogens with zero attached hydrogens (tertiary/aromatic N) is 2. The summed E-state index contributed by atoms with van der Waals surface area (Å²) in [6, 6.07) is 7.65. The van der Waals surface area contributed by atoms with Crippen molar-refractivity contribution >= 4 is 11.8 Å². The van der Waals surface area contributed by atoms with Crippen molar-refractivity contribution in [1.82, 2.24) is 14.8 Å². The van der Waals surface area contributed by atoms with E-state index in [1.54, 1.807) is 6.26 Å². The maximum atomic E-state index is 13.8. The first-order chi connectivity index (χ1) is 15.0. The first-order valence-electron chi connectivity index (χ1n) is 11.8. The highest BCUT2D eigenvalue weighted by atomic mass is 16.3. The molecule has 168 valence electrons. The normalized spacial score (nSPS) is 23.7. The van der Waals surface area contributed by atoms with E-state index in [-0.39, 0.29) is 23.9 Å². The van der Waals surface area contributed by atoms with Crippen LogP contribution in [-0.2, 0) is 11.3 Å². The molecule has 1 N–H and O–H groups in total. The molecule has 2 aromatic heterocycles. The van der Waals surface area contributed by atoms with Gasteiger partial charge in [0.1, 0.15) is 17.0 Å². The topological polar surface area (TPSA) is 67.5 Å². The van der Waals surface area contributed by atoms with Gasteiger partial charge >= 0.3 is 0 Å². The molecule has 0 radical (unpaired) electrons. The Bertz CT molecular complexity index is 909. The lowest BCUT2D eigenvalue weighted by atomic mass is 9.90. The molecule has 4 rings (SSSR count). The highest BCUT2D eigenvalue weighted by molar-refractivity contribution is 6.00. The number of amides is 2. The van der Waals surface area contributed by atoms with Gasteiger partial charge in [0.2, 0.25) is 5.91 Å². The lowest BCUT2D eigenvalue weighted by Crippen LogP contribution is -2.67. The van der Waals surface area contributed by atoms with Gasteiger partial charge in [0.15, 0.2) is 0 Å². The van der Waals surface area contributed by atoms with Crippen LogP contribution in [-0.4, -0.2) is 38.9 Å². The molecule has 6 nitrogen and oxygen atoms in total. The molecule has 2 aromatic rings. The first-order valence-corrected chi connectivity index (χ1v) is 11.8. The van der Waals surface area contributed by atoms with Crippen molar-refractivity contribution in [3.63, 3.8) is 0 Å². The zero-order valence-electron chi connectivity index (χ0n) is 19.0. The van der Waals surface area contributed by atoms with Crippen LogP contribution < -0.4 is 5.32 Å². The predicted octanol–water partition coefficient (Wildman–Crippen LogP) is 4.99. The molecule has 31 heavy (non-hydrogen) atoms. The number of hydrogen-bond acceptors (Lipinski definition) is 3. The fourth-order valence-corrected chi connectivity index (χ4v) is 5.19. The largest absolute Gasteiger partial charge is 0.463 e. The zero-order chi connectivity index (χ0) is 22.0. The van der Waals surface area contributed by atoms with Crippen LogP contribution >= 0.6 is 0 Å². The summed E-state index contributed by atoms with van der Waals surface area (Å²) in [6.45, 7) is 6.43. The number of aromatic nitrogens is 1. The highest BCUT2D eigenvalue weighted by Gasteiger charge is 2.49. The molecule has 2 aliphatic rings. The fourth-order valence-electron chi connectivity index (χ4n) is 5.19. The minimum absolute atomic E-state index is 0.0312. The van der Waals surface area contributed by atoms with Crippen molar-refractivity contribution in [3.8, 4) is 11.5 Å². The van der Waals surface area contributed by atoms with Gasteiger partial charge < -0.3 is 19.2 Å². The Kier molecular flexibility index (Phi) is 6.26. The molecule has 1 aliphatic heterocycles. The van der Waals surface area contributed by atoms with Crippen LogP contribution in [0.15, 0.2) is 34.9 Å². The third-order valence-corrected chi connectivity index (χ3v) is 7.15. The van der Waals surface area contributed by atoms with Gasteiger partial charge in [0.05, 0.1) is 18.5 Å². The molecule has 0 aromatic carbocycles. The number of hydrogen-bond donors (Lipinski definition) is 1. The van der Waals surface area contributed by atoms with Gasteiger partial charge in [-0.3, -0.25) is 9.59 Å². The Labute approximate surface area is 185 Å². The van der Waals surface area contributed by atoms with Gasteiger partial charge in [0, 0.05) is 12.1 Å². The molecule has 0 bridgehead atoms. The van der Waals surface area contributed by atoms with E-state index < -0.39 is 5.54 Å². The van der Waals surface area contributed by atoms with Crippen LogP contribution in [0, 0.1) is 0 Å². The fraction of sp³-hybridized carbons (Fsp3) is 0.600. The van der Waals surface area contributed by atoms with Crippen molar-refractivity contribution in [1.29, 1.82) is 0 Å². The van der Waals surface area contributed by atoms with E-state index >= 15 is 0 Å². The van der Waals surface area contributed by atoms with Crippen LogP contribution in [0.5, 0.6) is 0 Å². The third kappa shape index (κ3) is 4.04. The van der Waals surface area contributed by atoms with Gasteiger partial charge in [-0.2, -0.15) is 0 Å². The predicted molar refractivity (Wildman–Crippen MR) is 121 cm³/mol. The number of carbonyl (C=O) groups excluding carboxylic acids is 2. The molecule has 6 heteroatoms. The van der Waals surface area contributed by atoms with Crippen LogP contribution in [0.3, 0.4) is 0 Å². The van der Waals surface area contributed by atoms with Crippen LogP contribution in [0.1, 0.15) is 82.6 Å². The molecule has 0 unspecified atom stereocenters. The second kappa shape index (κ2) is 8.93. The van der Waals surface area contributed by atoms with Gasteiger partial charge in [-0.25, -0.2) is 0 Å². The van der Waals surface area contributed by atoms with E-state index in [2.05, 4.69) is 12.2 Å². The van der Waals surface area contributed by atoms with E-state index in [9.17, 15) is 9.59 Å². The summed E-state index contributed by atoms with van der Waals surface area (Å²) in [5, 5.41) is 3.33. The van der Waals surface area contributed by atoms with E-state index in [1.807, 2.05) is 47.6 Å². The number of carbonyl (C=O) groups is 2. The molecule has 1 fully saturated rings. The molecule has 2 atom stereocenters. The summed E-state index contributed by atoms with van der Waals surface area (Å²) in [7, 11) is 0. The Morgan fingerprint density at radius 1 is 1.16 bits per heavy atom. The second-order valence-electron chi connectivity index (χ2n) is 9.39. The van der Waals surface area contributed by atoms with Crippen LogP contribution in [0.25, 0.3) is 11.5 Å². The van der Waals surface area contributed by atoms with Gasteiger partial charge in [-0.15, -0.1) is 0 Å². The van der Waals surface area contributed by atoms with E-state index in [1.165, 1.54) is 19.3 Å². The molecule has 3 heterocycles. The van der Waals surface area contributed by atoms with E-state index in [0.717, 1.165) is 37.8 Å². The number of furan rings is 1. The molecule has 0 saturated heterocycles. The average Bonchev–Trinajstić information content (AvgIpc) is 3.39. The lowest BCUT2D eigenvalue weighted by Gasteiger charge is -2.47. The van der Waals surface area contributed by atoms with Gasteiger partial charge in [-0.05, 0) is 57.4 Å². The Balaban J connectivity index is 1.67. The summed E-state index contributed by atoms with van der Waals surface area (Å²) in [5.41, 5.74) is 0.493. The van der Waals surface area contributed by atoms with Gasteiger partial charge in [0.25, 0.3) is 5.91 Å². The highest BCUT2D eigenvalue weighted by Crippen LogP contribution is 2.35. The summed E-state index contributed by atoms with van der Waals surface area (Å²) < 4.78 is 7.56. The molecular weight excluding hydrogens is 390 g/mol. The first kappa shape index (κ1) is 21.7.